The maximum Gasteiger partial charge on any atom is 0.282 e. The Morgan fingerprint density at radius 3 is 2.63 bits per heavy atom. The molecule has 0 amide bonds. The summed E-state index contributed by atoms with van der Waals surface area (Å²) in [4.78, 5) is 0. The highest BCUT2D eigenvalue weighted by molar-refractivity contribution is 6.29. The predicted octanol–water partition coefficient (Wildman–Crippen LogP) is 3.94. The number of ether oxygens (including phenoxy) is 1. The lowest BCUT2D eigenvalue weighted by molar-refractivity contribution is 0.145. The fraction of sp³-hybridized carbons (Fsp3) is 0.308. The van der Waals surface area contributed by atoms with E-state index in [0.29, 0.717) is 19.6 Å². The maximum atomic E-state index is 12.4. The molecule has 0 saturated carbocycles. The Balaban J connectivity index is 1.80. The van der Waals surface area contributed by atoms with E-state index in [2.05, 4.69) is 5.10 Å². The molecule has 2 aromatic rings. The number of alkyl halides is 2. The summed E-state index contributed by atoms with van der Waals surface area (Å²) in [5, 5.41) is 3.95. The van der Waals surface area contributed by atoms with Crippen molar-refractivity contribution in [2.24, 2.45) is 0 Å². The number of benzene rings is 1. The molecule has 0 unspecified atom stereocenters. The Labute approximate surface area is 114 Å². The molecule has 0 fully saturated rings. The summed E-state index contributed by atoms with van der Waals surface area (Å²) in [6.45, 7) is 0.919. The summed E-state index contributed by atoms with van der Waals surface area (Å²) in [6, 6.07) is 10.6. The van der Waals surface area contributed by atoms with Gasteiger partial charge in [-0.25, -0.2) is 8.78 Å². The van der Waals surface area contributed by atoms with Crippen molar-refractivity contribution in [3.8, 4) is 5.75 Å². The number of aryl methyl sites for hydroxylation is 1. The van der Waals surface area contributed by atoms with Gasteiger partial charge in [-0.05, 0) is 12.1 Å². The van der Waals surface area contributed by atoms with Crippen LogP contribution in [0, 0.1) is 0 Å². The van der Waals surface area contributed by atoms with Gasteiger partial charge in [-0.1, -0.05) is 29.8 Å². The maximum absolute atomic E-state index is 12.4. The number of hydrogen-bond donors (Lipinski definition) is 0. The molecule has 0 spiro atoms. The second kappa shape index (κ2) is 6.52. The van der Waals surface area contributed by atoms with Crippen LogP contribution in [0.5, 0.6) is 5.75 Å². The Bertz CT molecular complexity index is 517. The molecule has 19 heavy (non-hydrogen) atoms. The lowest BCUT2D eigenvalue weighted by Crippen LogP contribution is -2.06. The van der Waals surface area contributed by atoms with Crippen LogP contribution in [0.1, 0.15) is 18.5 Å². The fourth-order valence-corrected chi connectivity index (χ4v) is 1.83. The molecule has 1 heterocycles. The number of rotatable bonds is 6. The second-order valence-corrected chi connectivity index (χ2v) is 4.32. The highest BCUT2D eigenvalue weighted by atomic mass is 35.5. The smallest absolute Gasteiger partial charge is 0.282 e. The minimum absolute atomic E-state index is 0.218. The molecule has 6 heteroatoms. The largest absolute Gasteiger partial charge is 0.494 e. The highest BCUT2D eigenvalue weighted by Gasteiger charge is 2.14. The normalized spacial score (nSPS) is 10.9. The van der Waals surface area contributed by atoms with Gasteiger partial charge >= 0.3 is 0 Å². The van der Waals surface area contributed by atoms with E-state index in [1.165, 1.54) is 10.7 Å². The standard InChI is InChI=1S/C13H13ClF2N2O/c14-12-9-11(13(15)16)17-18(12)7-4-8-19-10-5-2-1-3-6-10/h1-3,5-6,9,13H,4,7-8H2. The fourth-order valence-electron chi connectivity index (χ4n) is 1.60. The van der Waals surface area contributed by atoms with E-state index < -0.39 is 6.43 Å². The molecule has 0 atom stereocenters. The van der Waals surface area contributed by atoms with Crippen molar-refractivity contribution in [2.75, 3.05) is 6.61 Å². The lowest BCUT2D eigenvalue weighted by atomic mass is 10.3. The van der Waals surface area contributed by atoms with Crippen molar-refractivity contribution >= 4 is 11.6 Å². The minimum atomic E-state index is -2.60. The Hall–Kier alpha value is -1.62. The SMILES string of the molecule is FC(F)c1cc(Cl)n(CCCOc2ccccc2)n1. The van der Waals surface area contributed by atoms with Gasteiger partial charge in [0.15, 0.2) is 0 Å². The Kier molecular flexibility index (Phi) is 4.74. The summed E-state index contributed by atoms with van der Waals surface area (Å²) in [7, 11) is 0. The molecule has 102 valence electrons. The molecule has 2 rings (SSSR count). The average Bonchev–Trinajstić information content (AvgIpc) is 2.78. The number of aromatic nitrogens is 2. The van der Waals surface area contributed by atoms with Gasteiger partial charge in [0.05, 0.1) is 6.61 Å². The molecule has 1 aromatic heterocycles. The topological polar surface area (TPSA) is 27.1 Å². The predicted molar refractivity (Wildman–Crippen MR) is 68.7 cm³/mol. The molecule has 0 radical (unpaired) electrons. The molecule has 0 aliphatic carbocycles. The zero-order valence-electron chi connectivity index (χ0n) is 10.1. The van der Waals surface area contributed by atoms with Crippen molar-refractivity contribution in [2.45, 2.75) is 19.4 Å². The summed E-state index contributed by atoms with van der Waals surface area (Å²) < 4.78 is 31.7. The van der Waals surface area contributed by atoms with Crippen molar-refractivity contribution < 1.29 is 13.5 Å². The molecule has 0 aliphatic rings. The molecular formula is C13H13ClF2N2O. The molecule has 0 bridgehead atoms. The van der Waals surface area contributed by atoms with Gasteiger partial charge in [-0.15, -0.1) is 0 Å². The molecular weight excluding hydrogens is 274 g/mol. The quantitative estimate of drug-likeness (QED) is 0.752. The van der Waals surface area contributed by atoms with Crippen LogP contribution >= 0.6 is 11.6 Å². The average molecular weight is 287 g/mol. The van der Waals surface area contributed by atoms with Crippen LogP contribution in [-0.4, -0.2) is 16.4 Å². The van der Waals surface area contributed by atoms with Crippen LogP contribution in [0.3, 0.4) is 0 Å². The Morgan fingerprint density at radius 1 is 1.26 bits per heavy atom. The summed E-state index contributed by atoms with van der Waals surface area (Å²) in [5.74, 6) is 0.780. The van der Waals surface area contributed by atoms with Gasteiger partial charge < -0.3 is 4.74 Å². The van der Waals surface area contributed by atoms with Crippen LogP contribution in [-0.2, 0) is 6.54 Å². The zero-order chi connectivity index (χ0) is 13.7. The van der Waals surface area contributed by atoms with Crippen LogP contribution in [0.25, 0.3) is 0 Å². The van der Waals surface area contributed by atoms with Gasteiger partial charge in [-0.3, -0.25) is 4.68 Å². The van der Waals surface area contributed by atoms with Crippen molar-refractivity contribution in [3.63, 3.8) is 0 Å². The summed E-state index contributed by atoms with van der Waals surface area (Å²) in [5.41, 5.74) is -0.297. The van der Waals surface area contributed by atoms with Crippen LogP contribution in [0.2, 0.25) is 5.15 Å². The van der Waals surface area contributed by atoms with E-state index in [9.17, 15) is 8.78 Å². The minimum Gasteiger partial charge on any atom is -0.494 e. The van der Waals surface area contributed by atoms with E-state index in [1.54, 1.807) is 0 Å². The lowest BCUT2D eigenvalue weighted by Gasteiger charge is -2.06. The van der Waals surface area contributed by atoms with Gasteiger partial charge in [0, 0.05) is 19.0 Å². The van der Waals surface area contributed by atoms with Crippen molar-refractivity contribution in [1.29, 1.82) is 0 Å². The number of para-hydroxylation sites is 1. The van der Waals surface area contributed by atoms with Gasteiger partial charge in [0.2, 0.25) is 0 Å². The third-order valence-corrected chi connectivity index (χ3v) is 2.80. The van der Waals surface area contributed by atoms with E-state index in [0.717, 1.165) is 5.75 Å². The van der Waals surface area contributed by atoms with Gasteiger partial charge in [0.25, 0.3) is 6.43 Å². The zero-order valence-corrected chi connectivity index (χ0v) is 10.9. The van der Waals surface area contributed by atoms with Crippen LogP contribution < -0.4 is 4.74 Å². The monoisotopic (exact) mass is 286 g/mol. The van der Waals surface area contributed by atoms with Gasteiger partial charge in [0.1, 0.15) is 16.6 Å². The first kappa shape index (κ1) is 13.8. The molecule has 3 nitrogen and oxygen atoms in total. The van der Waals surface area contributed by atoms with E-state index in [-0.39, 0.29) is 10.8 Å². The first-order valence-corrected chi connectivity index (χ1v) is 6.24. The first-order chi connectivity index (χ1) is 9.16. The van der Waals surface area contributed by atoms with Crippen LogP contribution in [0.4, 0.5) is 8.78 Å². The molecule has 0 saturated heterocycles. The van der Waals surface area contributed by atoms with E-state index in [1.807, 2.05) is 30.3 Å². The Morgan fingerprint density at radius 2 is 2.00 bits per heavy atom. The third-order valence-electron chi connectivity index (χ3n) is 2.50. The highest BCUT2D eigenvalue weighted by Crippen LogP contribution is 2.21. The third kappa shape index (κ3) is 3.92. The first-order valence-electron chi connectivity index (χ1n) is 5.86. The van der Waals surface area contributed by atoms with Gasteiger partial charge in [-0.2, -0.15) is 5.10 Å². The number of nitrogens with zero attached hydrogens (tertiary/aromatic N) is 2. The van der Waals surface area contributed by atoms with Crippen LogP contribution in [0.15, 0.2) is 36.4 Å². The number of halogens is 3. The van der Waals surface area contributed by atoms with Crippen molar-refractivity contribution in [3.05, 3.63) is 47.2 Å². The van der Waals surface area contributed by atoms with E-state index >= 15 is 0 Å². The molecule has 1 aromatic carbocycles. The second-order valence-electron chi connectivity index (χ2n) is 3.93. The summed E-state index contributed by atoms with van der Waals surface area (Å²) in [6.07, 6.45) is -1.96. The number of hydrogen-bond acceptors (Lipinski definition) is 2. The molecule has 0 aliphatic heterocycles. The summed E-state index contributed by atoms with van der Waals surface area (Å²) >= 11 is 5.81. The molecule has 0 N–H and O–H groups in total. The van der Waals surface area contributed by atoms with E-state index in [4.69, 9.17) is 16.3 Å². The van der Waals surface area contributed by atoms with Crippen molar-refractivity contribution in [1.82, 2.24) is 9.78 Å².